The van der Waals surface area contributed by atoms with Gasteiger partial charge in [0.1, 0.15) is 0 Å². The van der Waals surface area contributed by atoms with E-state index in [4.69, 9.17) is 0 Å². The molecule has 0 spiro atoms. The predicted octanol–water partition coefficient (Wildman–Crippen LogP) is 2.86. The number of nitrogens with one attached hydrogen (secondary N) is 1. The molecule has 0 saturated carbocycles. The van der Waals surface area contributed by atoms with Crippen molar-refractivity contribution in [1.29, 1.82) is 0 Å². The van der Waals surface area contributed by atoms with Gasteiger partial charge in [-0.2, -0.15) is 0 Å². The minimum absolute atomic E-state index is 0.154. The van der Waals surface area contributed by atoms with Gasteiger partial charge < -0.3 is 0 Å². The maximum atomic E-state index is 12.0. The number of hydrogen-bond donors (Lipinski definition) is 1. The van der Waals surface area contributed by atoms with Crippen LogP contribution in [0.2, 0.25) is 0 Å². The highest BCUT2D eigenvalue weighted by Crippen LogP contribution is 2.18. The number of hydrogen-bond acceptors (Lipinski definition) is 2. The second-order valence-corrected chi connectivity index (χ2v) is 6.14. The van der Waals surface area contributed by atoms with Crippen molar-refractivity contribution in [2.24, 2.45) is 5.92 Å². The molecule has 1 rings (SSSR count). The van der Waals surface area contributed by atoms with Crippen LogP contribution in [0, 0.1) is 5.92 Å². The molecule has 0 amide bonds. The van der Waals surface area contributed by atoms with Crippen LogP contribution in [0.25, 0.3) is 0 Å². The third kappa shape index (κ3) is 3.23. The zero-order valence-electron chi connectivity index (χ0n) is 9.97. The Morgan fingerprint density at radius 3 is 2.25 bits per heavy atom. The van der Waals surface area contributed by atoms with Crippen LogP contribution < -0.4 is 4.72 Å². The summed E-state index contributed by atoms with van der Waals surface area (Å²) in [6.45, 7) is 5.70. The molecule has 0 bridgehead atoms. The number of para-hydroxylation sites is 1. The van der Waals surface area contributed by atoms with Crippen molar-refractivity contribution in [3.8, 4) is 0 Å². The first kappa shape index (κ1) is 13.0. The van der Waals surface area contributed by atoms with Crippen molar-refractivity contribution in [2.45, 2.75) is 32.4 Å². The molecule has 0 aliphatic heterocycles. The molecule has 0 fully saturated rings. The molecule has 0 heterocycles. The molecule has 3 nitrogen and oxygen atoms in total. The summed E-state index contributed by atoms with van der Waals surface area (Å²) in [5.74, 6) is 0.154. The standard InChI is InChI=1S/C12H19NO2S/c1-4-10(2)11(3)16(14,15)13-12-8-6-5-7-9-12/h5-11,13H,4H2,1-3H3. The minimum Gasteiger partial charge on any atom is -0.283 e. The summed E-state index contributed by atoms with van der Waals surface area (Å²) in [4.78, 5) is 0. The quantitative estimate of drug-likeness (QED) is 0.861. The van der Waals surface area contributed by atoms with Gasteiger partial charge in [0, 0.05) is 5.69 Å². The largest absolute Gasteiger partial charge is 0.283 e. The second-order valence-electron chi connectivity index (χ2n) is 4.10. The van der Waals surface area contributed by atoms with Crippen LogP contribution in [0.4, 0.5) is 5.69 Å². The lowest BCUT2D eigenvalue weighted by molar-refractivity contribution is 0.513. The van der Waals surface area contributed by atoms with Gasteiger partial charge in [0.2, 0.25) is 10.0 Å². The molecule has 2 atom stereocenters. The maximum absolute atomic E-state index is 12.0. The summed E-state index contributed by atoms with van der Waals surface area (Å²) >= 11 is 0. The van der Waals surface area contributed by atoms with Gasteiger partial charge in [-0.3, -0.25) is 4.72 Å². The van der Waals surface area contributed by atoms with Crippen LogP contribution in [0.15, 0.2) is 30.3 Å². The topological polar surface area (TPSA) is 46.2 Å². The van der Waals surface area contributed by atoms with E-state index in [9.17, 15) is 8.42 Å². The first-order valence-electron chi connectivity index (χ1n) is 5.54. The minimum atomic E-state index is -3.27. The summed E-state index contributed by atoms with van der Waals surface area (Å²) in [6, 6.07) is 8.98. The molecule has 0 radical (unpaired) electrons. The van der Waals surface area contributed by atoms with E-state index in [1.165, 1.54) is 0 Å². The SMILES string of the molecule is CCC(C)C(C)S(=O)(=O)Nc1ccccc1. The number of anilines is 1. The highest BCUT2D eigenvalue weighted by molar-refractivity contribution is 7.93. The van der Waals surface area contributed by atoms with Gasteiger partial charge in [-0.15, -0.1) is 0 Å². The molecule has 1 N–H and O–H groups in total. The molecule has 0 aliphatic rings. The molecule has 0 saturated heterocycles. The highest BCUT2D eigenvalue weighted by atomic mass is 32.2. The second kappa shape index (κ2) is 5.34. The number of sulfonamides is 1. The van der Waals surface area contributed by atoms with E-state index < -0.39 is 10.0 Å². The average molecular weight is 241 g/mol. The van der Waals surface area contributed by atoms with Gasteiger partial charge in [0.05, 0.1) is 5.25 Å². The third-order valence-electron chi connectivity index (χ3n) is 2.97. The van der Waals surface area contributed by atoms with E-state index in [1.54, 1.807) is 19.1 Å². The van der Waals surface area contributed by atoms with Crippen molar-refractivity contribution in [2.75, 3.05) is 4.72 Å². The zero-order valence-corrected chi connectivity index (χ0v) is 10.8. The Balaban J connectivity index is 2.80. The predicted molar refractivity (Wildman–Crippen MR) is 67.9 cm³/mol. The van der Waals surface area contributed by atoms with Crippen molar-refractivity contribution in [3.63, 3.8) is 0 Å². The Labute approximate surface area is 97.9 Å². The smallest absolute Gasteiger partial charge is 0.235 e. The normalized spacial score (nSPS) is 15.4. The van der Waals surface area contributed by atoms with E-state index in [0.717, 1.165) is 6.42 Å². The summed E-state index contributed by atoms with van der Waals surface area (Å²) < 4.78 is 26.6. The van der Waals surface area contributed by atoms with E-state index in [-0.39, 0.29) is 11.2 Å². The Morgan fingerprint density at radius 2 is 1.75 bits per heavy atom. The molecule has 1 aromatic rings. The summed E-state index contributed by atoms with van der Waals surface area (Å²) in [6.07, 6.45) is 0.858. The van der Waals surface area contributed by atoms with E-state index >= 15 is 0 Å². The Hall–Kier alpha value is -1.03. The number of benzene rings is 1. The fourth-order valence-corrected chi connectivity index (χ4v) is 2.86. The molecule has 1 aromatic carbocycles. The van der Waals surface area contributed by atoms with Crippen LogP contribution in [0.1, 0.15) is 27.2 Å². The fraction of sp³-hybridized carbons (Fsp3) is 0.500. The molecular weight excluding hydrogens is 222 g/mol. The van der Waals surface area contributed by atoms with Gasteiger partial charge in [-0.05, 0) is 25.0 Å². The molecule has 0 aliphatic carbocycles. The lowest BCUT2D eigenvalue weighted by Gasteiger charge is -2.19. The average Bonchev–Trinajstić information content (AvgIpc) is 2.27. The molecule has 16 heavy (non-hydrogen) atoms. The van der Waals surface area contributed by atoms with E-state index in [2.05, 4.69) is 4.72 Å². The Kier molecular flexibility index (Phi) is 4.35. The Morgan fingerprint density at radius 1 is 1.19 bits per heavy atom. The van der Waals surface area contributed by atoms with Crippen LogP contribution in [0.5, 0.6) is 0 Å². The summed E-state index contributed by atoms with van der Waals surface area (Å²) in [5, 5.41) is -0.377. The maximum Gasteiger partial charge on any atom is 0.235 e. The van der Waals surface area contributed by atoms with Crippen LogP contribution in [-0.2, 0) is 10.0 Å². The van der Waals surface area contributed by atoms with Crippen LogP contribution >= 0.6 is 0 Å². The van der Waals surface area contributed by atoms with Gasteiger partial charge >= 0.3 is 0 Å². The zero-order chi connectivity index (χ0) is 12.2. The van der Waals surface area contributed by atoms with Gasteiger partial charge in [-0.25, -0.2) is 8.42 Å². The van der Waals surface area contributed by atoms with Crippen molar-refractivity contribution >= 4 is 15.7 Å². The molecule has 4 heteroatoms. The van der Waals surface area contributed by atoms with Crippen LogP contribution in [0.3, 0.4) is 0 Å². The van der Waals surface area contributed by atoms with Crippen molar-refractivity contribution in [3.05, 3.63) is 30.3 Å². The molecular formula is C12H19NO2S. The molecule has 90 valence electrons. The monoisotopic (exact) mass is 241 g/mol. The lowest BCUT2D eigenvalue weighted by atomic mass is 10.1. The number of rotatable bonds is 5. The van der Waals surface area contributed by atoms with Crippen molar-refractivity contribution < 1.29 is 8.42 Å². The molecule has 0 aromatic heterocycles. The van der Waals surface area contributed by atoms with Crippen molar-refractivity contribution in [1.82, 2.24) is 0 Å². The highest BCUT2D eigenvalue weighted by Gasteiger charge is 2.25. The van der Waals surface area contributed by atoms with Gasteiger partial charge in [-0.1, -0.05) is 38.5 Å². The first-order chi connectivity index (χ1) is 7.47. The van der Waals surface area contributed by atoms with E-state index in [1.807, 2.05) is 32.0 Å². The summed E-state index contributed by atoms with van der Waals surface area (Å²) in [5.41, 5.74) is 0.623. The third-order valence-corrected chi connectivity index (χ3v) is 4.93. The van der Waals surface area contributed by atoms with Gasteiger partial charge in [0.15, 0.2) is 0 Å². The molecule has 2 unspecified atom stereocenters. The van der Waals surface area contributed by atoms with Gasteiger partial charge in [0.25, 0.3) is 0 Å². The van der Waals surface area contributed by atoms with Crippen LogP contribution in [-0.4, -0.2) is 13.7 Å². The Bertz CT molecular complexity index is 414. The fourth-order valence-electron chi connectivity index (χ4n) is 1.40. The van der Waals surface area contributed by atoms with E-state index in [0.29, 0.717) is 5.69 Å². The lowest BCUT2D eigenvalue weighted by Crippen LogP contribution is -2.30. The first-order valence-corrected chi connectivity index (χ1v) is 7.08. The summed E-state index contributed by atoms with van der Waals surface area (Å²) in [7, 11) is -3.27.